The monoisotopic (exact) mass is 214 g/mol. The molecule has 2 fully saturated rings. The summed E-state index contributed by atoms with van der Waals surface area (Å²) in [5.74, 6) is 0. The molecule has 1 atom stereocenters. The molecule has 0 unspecified atom stereocenters. The Morgan fingerprint density at radius 3 is 2.80 bits per heavy atom. The van der Waals surface area contributed by atoms with Gasteiger partial charge in [-0.25, -0.2) is 0 Å². The molecule has 3 nitrogen and oxygen atoms in total. The molecular formula is C12H26N2O. The quantitative estimate of drug-likeness (QED) is 0.767. The molecule has 2 aliphatic rings. The fourth-order valence-corrected chi connectivity index (χ4v) is 2.27. The predicted molar refractivity (Wildman–Crippen MR) is 64.2 cm³/mol. The van der Waals surface area contributed by atoms with Gasteiger partial charge in [0.15, 0.2) is 0 Å². The SMILES string of the molecule is CCN1CCO[C@H](C(C)(C)NC2CC2)C1.[HH]. The molecule has 1 heterocycles. The zero-order valence-corrected chi connectivity index (χ0v) is 10.3. The van der Waals surface area contributed by atoms with Crippen molar-refractivity contribution in [3.63, 3.8) is 0 Å². The van der Waals surface area contributed by atoms with Gasteiger partial charge in [0.25, 0.3) is 0 Å². The number of rotatable bonds is 4. The highest BCUT2D eigenvalue weighted by Gasteiger charge is 2.37. The summed E-state index contributed by atoms with van der Waals surface area (Å²) in [5.41, 5.74) is 0.120. The molecule has 0 radical (unpaired) electrons. The van der Waals surface area contributed by atoms with Crippen LogP contribution in [0.15, 0.2) is 0 Å². The van der Waals surface area contributed by atoms with Crippen LogP contribution in [0.25, 0.3) is 0 Å². The van der Waals surface area contributed by atoms with Crippen molar-refractivity contribution in [3.8, 4) is 0 Å². The van der Waals surface area contributed by atoms with Crippen LogP contribution in [-0.2, 0) is 4.74 Å². The van der Waals surface area contributed by atoms with Gasteiger partial charge < -0.3 is 10.1 Å². The van der Waals surface area contributed by atoms with E-state index in [1.807, 2.05) is 0 Å². The van der Waals surface area contributed by atoms with Gasteiger partial charge in [-0.2, -0.15) is 0 Å². The van der Waals surface area contributed by atoms with E-state index >= 15 is 0 Å². The summed E-state index contributed by atoms with van der Waals surface area (Å²) in [7, 11) is 0. The lowest BCUT2D eigenvalue weighted by Crippen LogP contribution is -2.58. The van der Waals surface area contributed by atoms with Crippen molar-refractivity contribution in [1.82, 2.24) is 10.2 Å². The number of hydrogen-bond donors (Lipinski definition) is 1. The summed E-state index contributed by atoms with van der Waals surface area (Å²) < 4.78 is 5.90. The second kappa shape index (κ2) is 4.40. The van der Waals surface area contributed by atoms with Crippen LogP contribution in [0.1, 0.15) is 35.0 Å². The van der Waals surface area contributed by atoms with Gasteiger partial charge in [0.05, 0.1) is 12.7 Å². The Kier molecular flexibility index (Phi) is 3.33. The Balaban J connectivity index is 0.00000128. The zero-order valence-electron chi connectivity index (χ0n) is 10.3. The summed E-state index contributed by atoms with van der Waals surface area (Å²) in [5, 5.41) is 3.69. The number of nitrogens with zero attached hydrogens (tertiary/aromatic N) is 1. The maximum absolute atomic E-state index is 5.90. The van der Waals surface area contributed by atoms with Gasteiger partial charge in [-0.05, 0) is 33.2 Å². The van der Waals surface area contributed by atoms with Crippen LogP contribution in [0.5, 0.6) is 0 Å². The van der Waals surface area contributed by atoms with E-state index in [-0.39, 0.29) is 6.97 Å². The van der Waals surface area contributed by atoms with Crippen molar-refractivity contribution < 1.29 is 6.16 Å². The molecule has 90 valence electrons. The van der Waals surface area contributed by atoms with Crippen molar-refractivity contribution >= 4 is 0 Å². The minimum atomic E-state index is 0. The topological polar surface area (TPSA) is 24.5 Å². The van der Waals surface area contributed by atoms with Gasteiger partial charge in [0.1, 0.15) is 0 Å². The Morgan fingerprint density at radius 1 is 1.47 bits per heavy atom. The van der Waals surface area contributed by atoms with E-state index in [1.165, 1.54) is 12.8 Å². The molecule has 1 saturated heterocycles. The summed E-state index contributed by atoms with van der Waals surface area (Å²) >= 11 is 0. The van der Waals surface area contributed by atoms with Crippen molar-refractivity contribution in [1.29, 1.82) is 0 Å². The summed E-state index contributed by atoms with van der Waals surface area (Å²) in [6, 6.07) is 0.751. The third kappa shape index (κ3) is 2.92. The van der Waals surface area contributed by atoms with Crippen LogP contribution in [0, 0.1) is 0 Å². The molecule has 0 aromatic heterocycles. The van der Waals surface area contributed by atoms with Crippen molar-refractivity contribution in [2.75, 3.05) is 26.2 Å². The Bertz CT molecular complexity index is 219. The number of ether oxygens (including phenoxy) is 1. The van der Waals surface area contributed by atoms with Crippen LogP contribution in [0.3, 0.4) is 0 Å². The summed E-state index contributed by atoms with van der Waals surface area (Å²) in [6.45, 7) is 11.0. The first-order valence-electron chi connectivity index (χ1n) is 6.23. The molecule has 3 heteroatoms. The van der Waals surface area contributed by atoms with Crippen LogP contribution in [0.2, 0.25) is 0 Å². The number of morpholine rings is 1. The second-order valence-corrected chi connectivity index (χ2v) is 5.39. The zero-order chi connectivity index (χ0) is 10.9. The Labute approximate surface area is 94.6 Å². The highest BCUT2D eigenvalue weighted by atomic mass is 16.5. The average molecular weight is 214 g/mol. The number of likely N-dealkylation sites (N-methyl/N-ethyl adjacent to an activating group) is 1. The van der Waals surface area contributed by atoms with Crippen molar-refractivity contribution in [2.45, 2.75) is 51.3 Å². The van der Waals surface area contributed by atoms with Crippen LogP contribution in [-0.4, -0.2) is 48.8 Å². The molecule has 1 N–H and O–H groups in total. The second-order valence-electron chi connectivity index (χ2n) is 5.39. The molecule has 1 aliphatic carbocycles. The first-order valence-corrected chi connectivity index (χ1v) is 6.23. The Morgan fingerprint density at radius 2 is 2.20 bits per heavy atom. The van der Waals surface area contributed by atoms with E-state index in [1.54, 1.807) is 0 Å². The lowest BCUT2D eigenvalue weighted by atomic mass is 9.95. The molecule has 0 spiro atoms. The first-order chi connectivity index (χ1) is 7.12. The van der Waals surface area contributed by atoms with Gasteiger partial charge in [-0.1, -0.05) is 6.92 Å². The standard InChI is InChI=1S/C12H24N2O.H2/c1-4-14-7-8-15-11(9-14)12(2,3)13-10-5-6-10;/h10-11,13H,4-9H2,1-3H3;1H/t11-;/m0./s1. The van der Waals surface area contributed by atoms with E-state index in [0.29, 0.717) is 6.10 Å². The van der Waals surface area contributed by atoms with Gasteiger partial charge in [0, 0.05) is 26.1 Å². The smallest absolute Gasteiger partial charge is 0.0878 e. The molecule has 0 aromatic rings. The van der Waals surface area contributed by atoms with Crippen LogP contribution < -0.4 is 5.32 Å². The van der Waals surface area contributed by atoms with E-state index in [0.717, 1.165) is 32.3 Å². The maximum atomic E-state index is 5.90. The summed E-state index contributed by atoms with van der Waals surface area (Å²) in [6.07, 6.45) is 3.02. The van der Waals surface area contributed by atoms with E-state index in [9.17, 15) is 0 Å². The van der Waals surface area contributed by atoms with Crippen LogP contribution in [0.4, 0.5) is 0 Å². The van der Waals surface area contributed by atoms with E-state index < -0.39 is 0 Å². The fraction of sp³-hybridized carbons (Fsp3) is 1.00. The molecule has 1 saturated carbocycles. The van der Waals surface area contributed by atoms with Gasteiger partial charge in [-0.3, -0.25) is 4.90 Å². The molecule has 1 aliphatic heterocycles. The van der Waals surface area contributed by atoms with Gasteiger partial charge in [0.2, 0.25) is 0 Å². The van der Waals surface area contributed by atoms with Crippen molar-refractivity contribution in [2.24, 2.45) is 0 Å². The minimum absolute atomic E-state index is 0. The third-order valence-corrected chi connectivity index (χ3v) is 3.56. The molecule has 2 rings (SSSR count). The highest BCUT2D eigenvalue weighted by Crippen LogP contribution is 2.26. The normalized spacial score (nSPS) is 29.4. The molecule has 15 heavy (non-hydrogen) atoms. The van der Waals surface area contributed by atoms with E-state index in [4.69, 9.17) is 4.74 Å². The molecule has 0 aromatic carbocycles. The summed E-state index contributed by atoms with van der Waals surface area (Å²) in [4.78, 5) is 2.48. The third-order valence-electron chi connectivity index (χ3n) is 3.56. The highest BCUT2D eigenvalue weighted by molar-refractivity contribution is 4.96. The van der Waals surface area contributed by atoms with E-state index in [2.05, 4.69) is 31.0 Å². The maximum Gasteiger partial charge on any atom is 0.0878 e. The fourth-order valence-electron chi connectivity index (χ4n) is 2.27. The largest absolute Gasteiger partial charge is 0.374 e. The Hall–Kier alpha value is -0.120. The molecule has 0 bridgehead atoms. The van der Waals surface area contributed by atoms with Gasteiger partial charge >= 0.3 is 0 Å². The number of nitrogens with one attached hydrogen (secondary N) is 1. The lowest BCUT2D eigenvalue weighted by Gasteiger charge is -2.41. The minimum Gasteiger partial charge on any atom is -0.374 e. The van der Waals surface area contributed by atoms with Crippen LogP contribution >= 0.6 is 0 Å². The van der Waals surface area contributed by atoms with Crippen molar-refractivity contribution in [3.05, 3.63) is 0 Å². The molecular weight excluding hydrogens is 188 g/mol. The first kappa shape index (κ1) is 11.4. The van der Waals surface area contributed by atoms with Gasteiger partial charge in [-0.15, -0.1) is 0 Å². The lowest BCUT2D eigenvalue weighted by molar-refractivity contribution is -0.0666. The predicted octanol–water partition coefficient (Wildman–Crippen LogP) is 1.48. The number of hydrogen-bond acceptors (Lipinski definition) is 3. The molecule has 0 amide bonds. The average Bonchev–Trinajstić information content (AvgIpc) is 3.01.